The maximum Gasteiger partial charge on any atom is 0.308 e. The number of ether oxygens (including phenoxy) is 1. The Morgan fingerprint density at radius 2 is 1.82 bits per heavy atom. The van der Waals surface area contributed by atoms with Crippen molar-refractivity contribution in [3.05, 3.63) is 34.9 Å². The molecular formula is C15H19ClN2O4. The lowest BCUT2D eigenvalue weighted by Gasteiger charge is -2.17. The molecule has 1 aromatic rings. The van der Waals surface area contributed by atoms with Gasteiger partial charge in [-0.2, -0.15) is 0 Å². The Bertz CT molecular complexity index is 543. The van der Waals surface area contributed by atoms with Crippen molar-refractivity contribution in [2.75, 3.05) is 20.6 Å². The molecule has 0 aliphatic carbocycles. The number of carbonyl (C=O) groups is 3. The Morgan fingerprint density at radius 3 is 2.36 bits per heavy atom. The summed E-state index contributed by atoms with van der Waals surface area (Å²) in [5.41, 5.74) is 0.453. The van der Waals surface area contributed by atoms with Crippen LogP contribution < -0.4 is 5.32 Å². The number of benzene rings is 1. The van der Waals surface area contributed by atoms with Gasteiger partial charge in [0.1, 0.15) is 0 Å². The summed E-state index contributed by atoms with van der Waals surface area (Å²) in [5.74, 6) is -1.14. The highest BCUT2D eigenvalue weighted by Gasteiger charge is 2.19. The standard InChI is InChI=1S/C15H19ClN2O4/c1-10(15(21)18(2)3)22-13(19)8-9-17-14(20)11-4-6-12(16)7-5-11/h4-7,10H,8-9H2,1-3H3,(H,17,20)/t10-/m1/s1. The van der Waals surface area contributed by atoms with Gasteiger partial charge in [-0.3, -0.25) is 14.4 Å². The molecule has 22 heavy (non-hydrogen) atoms. The van der Waals surface area contributed by atoms with Crippen LogP contribution in [0.3, 0.4) is 0 Å². The molecule has 0 aliphatic heterocycles. The molecule has 120 valence electrons. The highest BCUT2D eigenvalue weighted by atomic mass is 35.5. The first-order valence-corrected chi connectivity index (χ1v) is 7.13. The average Bonchev–Trinajstić information content (AvgIpc) is 2.46. The van der Waals surface area contributed by atoms with E-state index in [-0.39, 0.29) is 24.8 Å². The minimum absolute atomic E-state index is 0.00955. The molecule has 7 heteroatoms. The maximum atomic E-state index is 11.8. The number of nitrogens with one attached hydrogen (secondary N) is 1. The summed E-state index contributed by atoms with van der Waals surface area (Å²) >= 11 is 5.73. The number of likely N-dealkylation sites (N-methyl/N-ethyl adjacent to an activating group) is 1. The maximum absolute atomic E-state index is 11.8. The average molecular weight is 327 g/mol. The van der Waals surface area contributed by atoms with Crippen LogP contribution in [-0.4, -0.2) is 49.4 Å². The van der Waals surface area contributed by atoms with E-state index in [1.165, 1.54) is 11.8 Å². The molecule has 0 heterocycles. The fourth-order valence-corrected chi connectivity index (χ4v) is 1.78. The van der Waals surface area contributed by atoms with Gasteiger partial charge < -0.3 is 15.0 Å². The predicted octanol–water partition coefficient (Wildman–Crippen LogP) is 1.48. The van der Waals surface area contributed by atoms with Gasteiger partial charge in [-0.25, -0.2) is 0 Å². The molecule has 0 unspecified atom stereocenters. The number of nitrogens with zero attached hydrogens (tertiary/aromatic N) is 1. The second kappa shape index (κ2) is 8.38. The van der Waals surface area contributed by atoms with E-state index in [0.29, 0.717) is 10.6 Å². The van der Waals surface area contributed by atoms with Crippen LogP contribution in [0.4, 0.5) is 0 Å². The van der Waals surface area contributed by atoms with E-state index < -0.39 is 12.1 Å². The van der Waals surface area contributed by atoms with E-state index in [0.717, 1.165) is 0 Å². The van der Waals surface area contributed by atoms with Crippen LogP contribution in [0.15, 0.2) is 24.3 Å². The summed E-state index contributed by atoms with van der Waals surface area (Å²) in [6.45, 7) is 1.63. The zero-order valence-corrected chi connectivity index (χ0v) is 13.5. The van der Waals surface area contributed by atoms with E-state index in [1.54, 1.807) is 38.4 Å². The predicted molar refractivity (Wildman–Crippen MR) is 82.7 cm³/mol. The van der Waals surface area contributed by atoms with E-state index in [9.17, 15) is 14.4 Å². The number of amides is 2. The van der Waals surface area contributed by atoms with Gasteiger partial charge in [0.25, 0.3) is 11.8 Å². The quantitative estimate of drug-likeness (QED) is 0.803. The topological polar surface area (TPSA) is 75.7 Å². The third-order valence-electron chi connectivity index (χ3n) is 2.82. The van der Waals surface area contributed by atoms with Gasteiger partial charge in [0, 0.05) is 31.2 Å². The lowest BCUT2D eigenvalue weighted by atomic mass is 10.2. The fraction of sp³-hybridized carbons (Fsp3) is 0.400. The molecule has 0 aromatic heterocycles. The van der Waals surface area contributed by atoms with Crippen molar-refractivity contribution in [2.45, 2.75) is 19.4 Å². The molecule has 6 nitrogen and oxygen atoms in total. The summed E-state index contributed by atoms with van der Waals surface area (Å²) in [5, 5.41) is 3.14. The van der Waals surface area contributed by atoms with Crippen LogP contribution in [0.5, 0.6) is 0 Å². The molecule has 0 bridgehead atoms. The van der Waals surface area contributed by atoms with Gasteiger partial charge in [0.2, 0.25) is 0 Å². The smallest absolute Gasteiger partial charge is 0.308 e. The van der Waals surface area contributed by atoms with E-state index >= 15 is 0 Å². The number of halogens is 1. The molecule has 0 fully saturated rings. The summed E-state index contributed by atoms with van der Waals surface area (Å²) in [6.07, 6.45) is -0.848. The summed E-state index contributed by atoms with van der Waals surface area (Å²) in [4.78, 5) is 36.3. The fourth-order valence-electron chi connectivity index (χ4n) is 1.65. The van der Waals surface area contributed by atoms with Crippen molar-refractivity contribution >= 4 is 29.4 Å². The minimum atomic E-state index is -0.838. The largest absolute Gasteiger partial charge is 0.452 e. The number of rotatable bonds is 6. The highest BCUT2D eigenvalue weighted by Crippen LogP contribution is 2.09. The lowest BCUT2D eigenvalue weighted by Crippen LogP contribution is -2.35. The van der Waals surface area contributed by atoms with Crippen molar-refractivity contribution in [3.8, 4) is 0 Å². The molecule has 1 aromatic carbocycles. The van der Waals surface area contributed by atoms with Gasteiger partial charge in [-0.15, -0.1) is 0 Å². The normalized spacial score (nSPS) is 11.5. The van der Waals surface area contributed by atoms with Crippen LogP contribution in [-0.2, 0) is 14.3 Å². The lowest BCUT2D eigenvalue weighted by molar-refractivity contribution is -0.157. The van der Waals surface area contributed by atoms with Gasteiger partial charge in [-0.1, -0.05) is 11.6 Å². The van der Waals surface area contributed by atoms with Crippen LogP contribution >= 0.6 is 11.6 Å². The van der Waals surface area contributed by atoms with E-state index in [1.807, 2.05) is 0 Å². The summed E-state index contributed by atoms with van der Waals surface area (Å²) < 4.78 is 4.98. The summed E-state index contributed by atoms with van der Waals surface area (Å²) in [7, 11) is 3.16. The molecule has 1 atom stereocenters. The van der Waals surface area contributed by atoms with E-state index in [4.69, 9.17) is 16.3 Å². The Labute approximate surface area is 134 Å². The first-order chi connectivity index (χ1) is 10.3. The van der Waals surface area contributed by atoms with Gasteiger partial charge in [0.05, 0.1) is 6.42 Å². The Balaban J connectivity index is 2.34. The van der Waals surface area contributed by atoms with Crippen LogP contribution in [0, 0.1) is 0 Å². The van der Waals surface area contributed by atoms with Crippen molar-refractivity contribution < 1.29 is 19.1 Å². The number of hydrogen-bond acceptors (Lipinski definition) is 4. The Kier molecular flexibility index (Phi) is 6.85. The van der Waals surface area contributed by atoms with Gasteiger partial charge in [0.15, 0.2) is 6.10 Å². The van der Waals surface area contributed by atoms with Gasteiger partial charge in [-0.05, 0) is 31.2 Å². The molecular weight excluding hydrogens is 308 g/mol. The van der Waals surface area contributed by atoms with Gasteiger partial charge >= 0.3 is 5.97 Å². The molecule has 0 saturated carbocycles. The van der Waals surface area contributed by atoms with Crippen LogP contribution in [0.2, 0.25) is 5.02 Å². The third kappa shape index (κ3) is 5.73. The number of esters is 1. The monoisotopic (exact) mass is 326 g/mol. The van der Waals surface area contributed by atoms with Crippen LogP contribution in [0.25, 0.3) is 0 Å². The SMILES string of the molecule is C[C@@H](OC(=O)CCNC(=O)c1ccc(Cl)cc1)C(=O)N(C)C. The molecule has 1 N–H and O–H groups in total. The first-order valence-electron chi connectivity index (χ1n) is 6.75. The first kappa shape index (κ1) is 18.0. The second-order valence-corrected chi connectivity index (χ2v) is 5.31. The molecule has 0 saturated heterocycles. The van der Waals surface area contributed by atoms with Crippen molar-refractivity contribution in [2.24, 2.45) is 0 Å². The molecule has 2 amide bonds. The number of carbonyl (C=O) groups excluding carboxylic acids is 3. The number of hydrogen-bond donors (Lipinski definition) is 1. The summed E-state index contributed by atoms with van der Waals surface area (Å²) in [6, 6.07) is 6.40. The molecule has 0 aliphatic rings. The Morgan fingerprint density at radius 1 is 1.23 bits per heavy atom. The highest BCUT2D eigenvalue weighted by molar-refractivity contribution is 6.30. The second-order valence-electron chi connectivity index (χ2n) is 4.88. The molecule has 0 radical (unpaired) electrons. The third-order valence-corrected chi connectivity index (χ3v) is 3.07. The zero-order chi connectivity index (χ0) is 16.7. The van der Waals surface area contributed by atoms with Crippen molar-refractivity contribution in [1.82, 2.24) is 10.2 Å². The van der Waals surface area contributed by atoms with Crippen molar-refractivity contribution in [3.63, 3.8) is 0 Å². The Hall–Kier alpha value is -2.08. The zero-order valence-electron chi connectivity index (χ0n) is 12.8. The van der Waals surface area contributed by atoms with E-state index in [2.05, 4.69) is 5.32 Å². The van der Waals surface area contributed by atoms with Crippen molar-refractivity contribution in [1.29, 1.82) is 0 Å². The molecule has 1 rings (SSSR count). The molecule has 0 spiro atoms. The van der Waals surface area contributed by atoms with Crippen LogP contribution in [0.1, 0.15) is 23.7 Å². The minimum Gasteiger partial charge on any atom is -0.452 e.